The van der Waals surface area contributed by atoms with Gasteiger partial charge in [-0.05, 0) is 6.92 Å². The number of ketones is 1. The Balaban J connectivity index is 2.83. The Kier molecular flexibility index (Phi) is 4.49. The minimum atomic E-state index is 0.00454. The number of aromatic nitrogens is 2. The molecule has 16 heavy (non-hydrogen) atoms. The Bertz CT molecular complexity index is 337. The molecule has 1 heterocycles. The molecule has 0 aliphatic rings. The van der Waals surface area contributed by atoms with Crippen LogP contribution in [0.5, 0.6) is 5.75 Å². The summed E-state index contributed by atoms with van der Waals surface area (Å²) in [7, 11) is 1.55. The van der Waals surface area contributed by atoms with Gasteiger partial charge in [0.1, 0.15) is 5.69 Å². The molecule has 5 heteroatoms. The van der Waals surface area contributed by atoms with Crippen LogP contribution < -0.4 is 10.1 Å². The molecule has 0 atom stereocenters. The van der Waals surface area contributed by atoms with E-state index in [1.807, 2.05) is 20.8 Å². The normalized spacial score (nSPS) is 10.8. The van der Waals surface area contributed by atoms with E-state index in [9.17, 15) is 4.79 Å². The Hall–Kier alpha value is -1.36. The molecule has 90 valence electrons. The van der Waals surface area contributed by atoms with Crippen LogP contribution in [-0.4, -0.2) is 35.3 Å². The van der Waals surface area contributed by atoms with Gasteiger partial charge in [-0.1, -0.05) is 13.8 Å². The van der Waals surface area contributed by atoms with Crippen LogP contribution >= 0.6 is 0 Å². The van der Waals surface area contributed by atoms with Gasteiger partial charge in [-0.3, -0.25) is 9.48 Å². The maximum absolute atomic E-state index is 12.0. The SMILES string of the molecule is CCn1ncc(OC)c1C(=O)CNC(C)C. The molecule has 1 N–H and O–H groups in total. The maximum Gasteiger partial charge on any atom is 0.198 e. The number of nitrogens with one attached hydrogen (secondary N) is 1. The molecule has 0 bridgehead atoms. The van der Waals surface area contributed by atoms with E-state index in [-0.39, 0.29) is 11.8 Å². The molecule has 0 aliphatic carbocycles. The number of rotatable bonds is 6. The Morgan fingerprint density at radius 3 is 2.81 bits per heavy atom. The monoisotopic (exact) mass is 225 g/mol. The molecule has 1 aromatic heterocycles. The fourth-order valence-corrected chi connectivity index (χ4v) is 1.42. The molecular weight excluding hydrogens is 206 g/mol. The van der Waals surface area contributed by atoms with Crippen LogP contribution in [0.15, 0.2) is 6.20 Å². The van der Waals surface area contributed by atoms with Gasteiger partial charge >= 0.3 is 0 Å². The van der Waals surface area contributed by atoms with Gasteiger partial charge in [-0.2, -0.15) is 5.10 Å². The predicted molar refractivity (Wildman–Crippen MR) is 61.9 cm³/mol. The first kappa shape index (κ1) is 12.7. The number of hydrogen-bond donors (Lipinski definition) is 1. The van der Waals surface area contributed by atoms with Gasteiger partial charge in [0.2, 0.25) is 0 Å². The van der Waals surface area contributed by atoms with Gasteiger partial charge in [-0.25, -0.2) is 0 Å². The van der Waals surface area contributed by atoms with Gasteiger partial charge in [0.15, 0.2) is 11.5 Å². The number of hydrogen-bond acceptors (Lipinski definition) is 4. The Labute approximate surface area is 95.8 Å². The first-order chi connectivity index (χ1) is 7.60. The first-order valence-electron chi connectivity index (χ1n) is 5.46. The summed E-state index contributed by atoms with van der Waals surface area (Å²) in [6, 6.07) is 0.285. The van der Waals surface area contributed by atoms with Crippen molar-refractivity contribution in [2.45, 2.75) is 33.4 Å². The predicted octanol–water partition coefficient (Wildman–Crippen LogP) is 1.09. The van der Waals surface area contributed by atoms with Crippen molar-refractivity contribution in [1.29, 1.82) is 0 Å². The summed E-state index contributed by atoms with van der Waals surface area (Å²) in [6.07, 6.45) is 1.58. The lowest BCUT2D eigenvalue weighted by Gasteiger charge is -2.09. The first-order valence-corrected chi connectivity index (χ1v) is 5.46. The zero-order valence-electron chi connectivity index (χ0n) is 10.3. The van der Waals surface area contributed by atoms with Crippen LogP contribution in [-0.2, 0) is 6.54 Å². The maximum atomic E-state index is 12.0. The standard InChI is InChI=1S/C11H19N3O2/c1-5-14-11(10(16-4)7-13-14)9(15)6-12-8(2)3/h7-8,12H,5-6H2,1-4H3. The minimum Gasteiger partial charge on any atom is -0.493 e. The van der Waals surface area contributed by atoms with Gasteiger partial charge < -0.3 is 10.1 Å². The average molecular weight is 225 g/mol. The largest absolute Gasteiger partial charge is 0.493 e. The second kappa shape index (κ2) is 5.65. The number of Topliss-reactive ketones (excluding diaryl/α,β-unsaturated/α-hetero) is 1. The van der Waals surface area contributed by atoms with E-state index in [2.05, 4.69) is 10.4 Å². The van der Waals surface area contributed by atoms with E-state index in [0.29, 0.717) is 24.5 Å². The van der Waals surface area contributed by atoms with Crippen LogP contribution in [0.2, 0.25) is 0 Å². The average Bonchev–Trinajstić information content (AvgIpc) is 2.68. The van der Waals surface area contributed by atoms with Gasteiger partial charge in [0.25, 0.3) is 0 Å². The third kappa shape index (κ3) is 2.82. The van der Waals surface area contributed by atoms with E-state index in [4.69, 9.17) is 4.74 Å². The number of nitrogens with zero attached hydrogens (tertiary/aromatic N) is 2. The van der Waals surface area contributed by atoms with Gasteiger partial charge in [-0.15, -0.1) is 0 Å². The van der Waals surface area contributed by atoms with Gasteiger partial charge in [0.05, 0.1) is 19.9 Å². The van der Waals surface area contributed by atoms with E-state index in [1.54, 1.807) is 18.0 Å². The van der Waals surface area contributed by atoms with E-state index < -0.39 is 0 Å². The summed E-state index contributed by atoms with van der Waals surface area (Å²) in [6.45, 7) is 6.91. The zero-order chi connectivity index (χ0) is 12.1. The summed E-state index contributed by atoms with van der Waals surface area (Å²) < 4.78 is 6.78. The zero-order valence-corrected chi connectivity index (χ0v) is 10.3. The molecule has 0 unspecified atom stereocenters. The molecule has 5 nitrogen and oxygen atoms in total. The highest BCUT2D eigenvalue weighted by atomic mass is 16.5. The summed E-state index contributed by atoms with van der Waals surface area (Å²) in [4.78, 5) is 12.0. The molecule has 1 aromatic rings. The summed E-state index contributed by atoms with van der Waals surface area (Å²) in [5.41, 5.74) is 0.540. The Morgan fingerprint density at radius 2 is 2.31 bits per heavy atom. The number of methoxy groups -OCH3 is 1. The number of aryl methyl sites for hydroxylation is 1. The van der Waals surface area contributed by atoms with Crippen molar-refractivity contribution in [2.75, 3.05) is 13.7 Å². The molecule has 0 radical (unpaired) electrons. The fraction of sp³-hybridized carbons (Fsp3) is 0.636. The molecule has 0 saturated heterocycles. The van der Waals surface area contributed by atoms with Crippen LogP contribution in [0.3, 0.4) is 0 Å². The fourth-order valence-electron chi connectivity index (χ4n) is 1.42. The molecule has 0 spiro atoms. The molecule has 1 rings (SSSR count). The van der Waals surface area contributed by atoms with Gasteiger partial charge in [0, 0.05) is 12.6 Å². The molecule has 0 saturated carbocycles. The van der Waals surface area contributed by atoms with Crippen LogP contribution in [0.4, 0.5) is 0 Å². The number of carbonyl (C=O) groups is 1. The number of ether oxygens (including phenoxy) is 1. The molecule has 0 fully saturated rings. The van der Waals surface area contributed by atoms with Crippen LogP contribution in [0, 0.1) is 0 Å². The van der Waals surface area contributed by atoms with Crippen molar-refractivity contribution >= 4 is 5.78 Å². The van der Waals surface area contributed by atoms with Crippen LogP contribution in [0.1, 0.15) is 31.3 Å². The summed E-state index contributed by atoms with van der Waals surface area (Å²) in [5, 5.41) is 7.19. The molecular formula is C11H19N3O2. The van der Waals surface area contributed by atoms with E-state index in [1.165, 1.54) is 0 Å². The van der Waals surface area contributed by atoms with Crippen molar-refractivity contribution in [3.05, 3.63) is 11.9 Å². The molecule has 0 aromatic carbocycles. The smallest absolute Gasteiger partial charge is 0.198 e. The highest BCUT2D eigenvalue weighted by Crippen LogP contribution is 2.17. The lowest BCUT2D eigenvalue weighted by molar-refractivity contribution is 0.0975. The summed E-state index contributed by atoms with van der Waals surface area (Å²) in [5.74, 6) is 0.544. The second-order valence-corrected chi connectivity index (χ2v) is 3.84. The summed E-state index contributed by atoms with van der Waals surface area (Å²) >= 11 is 0. The topological polar surface area (TPSA) is 56.2 Å². The molecule has 0 amide bonds. The lowest BCUT2D eigenvalue weighted by atomic mass is 10.2. The van der Waals surface area contributed by atoms with Crippen molar-refractivity contribution in [1.82, 2.24) is 15.1 Å². The van der Waals surface area contributed by atoms with Crippen molar-refractivity contribution < 1.29 is 9.53 Å². The van der Waals surface area contributed by atoms with Crippen molar-refractivity contribution in [3.63, 3.8) is 0 Å². The minimum absolute atomic E-state index is 0.00454. The third-order valence-electron chi connectivity index (χ3n) is 2.26. The Morgan fingerprint density at radius 1 is 1.62 bits per heavy atom. The lowest BCUT2D eigenvalue weighted by Crippen LogP contribution is -2.30. The van der Waals surface area contributed by atoms with Crippen LogP contribution in [0.25, 0.3) is 0 Å². The van der Waals surface area contributed by atoms with Crippen molar-refractivity contribution in [2.24, 2.45) is 0 Å². The quantitative estimate of drug-likeness (QED) is 0.736. The van der Waals surface area contributed by atoms with E-state index in [0.717, 1.165) is 0 Å². The van der Waals surface area contributed by atoms with Crippen molar-refractivity contribution in [3.8, 4) is 5.75 Å². The highest BCUT2D eigenvalue weighted by Gasteiger charge is 2.18. The van der Waals surface area contributed by atoms with E-state index >= 15 is 0 Å². The third-order valence-corrected chi connectivity index (χ3v) is 2.26. The number of carbonyl (C=O) groups excluding carboxylic acids is 1. The molecule has 0 aliphatic heterocycles. The highest BCUT2D eigenvalue weighted by molar-refractivity contribution is 5.98. The second-order valence-electron chi connectivity index (χ2n) is 3.84.